The van der Waals surface area contributed by atoms with Crippen LogP contribution in [0.15, 0.2) is 48.7 Å². The molecule has 1 aliphatic rings. The van der Waals surface area contributed by atoms with Crippen molar-refractivity contribution in [1.29, 1.82) is 0 Å². The summed E-state index contributed by atoms with van der Waals surface area (Å²) in [6, 6.07) is 14.3. The van der Waals surface area contributed by atoms with E-state index in [1.165, 1.54) is 5.56 Å². The Morgan fingerprint density at radius 1 is 1.23 bits per heavy atom. The molecular formula is C18H22N2O2. The molecule has 1 unspecified atom stereocenters. The van der Waals surface area contributed by atoms with Crippen molar-refractivity contribution in [3.05, 3.63) is 59.9 Å². The molecule has 4 heteroatoms. The summed E-state index contributed by atoms with van der Waals surface area (Å²) in [4.78, 5) is 14.6. The predicted molar refractivity (Wildman–Crippen MR) is 85.4 cm³/mol. The number of hydrogen-bond donors (Lipinski definition) is 0. The number of rotatable bonds is 4. The molecule has 1 atom stereocenters. The molecule has 2 heterocycles. The Morgan fingerprint density at radius 2 is 2.05 bits per heavy atom. The van der Waals surface area contributed by atoms with Crippen LogP contribution in [0.25, 0.3) is 0 Å². The van der Waals surface area contributed by atoms with Gasteiger partial charge in [-0.3, -0.25) is 4.79 Å². The van der Waals surface area contributed by atoms with Crippen LogP contribution in [0.2, 0.25) is 0 Å². The van der Waals surface area contributed by atoms with Crippen LogP contribution in [0.5, 0.6) is 0 Å². The molecule has 0 aliphatic carbocycles. The molecule has 1 aromatic carbocycles. The van der Waals surface area contributed by atoms with Crippen molar-refractivity contribution < 1.29 is 9.53 Å². The Hall–Kier alpha value is -2.07. The van der Waals surface area contributed by atoms with Crippen molar-refractivity contribution in [3.63, 3.8) is 0 Å². The maximum Gasteiger partial charge on any atom is 0.223 e. The summed E-state index contributed by atoms with van der Waals surface area (Å²) in [5.41, 5.74) is 2.34. The van der Waals surface area contributed by atoms with Crippen LogP contribution in [0, 0.1) is 0 Å². The van der Waals surface area contributed by atoms with Gasteiger partial charge in [0.05, 0.1) is 19.3 Å². The Balaban J connectivity index is 1.68. The van der Waals surface area contributed by atoms with Gasteiger partial charge in [-0.25, -0.2) is 0 Å². The molecule has 0 N–H and O–H groups in total. The van der Waals surface area contributed by atoms with Gasteiger partial charge in [-0.2, -0.15) is 0 Å². The highest BCUT2D eigenvalue weighted by Gasteiger charge is 2.29. The first-order chi connectivity index (χ1) is 10.8. The van der Waals surface area contributed by atoms with Crippen molar-refractivity contribution >= 4 is 5.91 Å². The van der Waals surface area contributed by atoms with E-state index in [-0.39, 0.29) is 11.9 Å². The summed E-state index contributed by atoms with van der Waals surface area (Å²) < 4.78 is 7.66. The van der Waals surface area contributed by atoms with Crippen molar-refractivity contribution in [2.24, 2.45) is 7.05 Å². The van der Waals surface area contributed by atoms with Crippen LogP contribution < -0.4 is 0 Å². The fraction of sp³-hybridized carbons (Fsp3) is 0.389. The summed E-state index contributed by atoms with van der Waals surface area (Å²) in [7, 11) is 2.01. The Kier molecular flexibility index (Phi) is 4.59. The minimum absolute atomic E-state index is 0.0250. The maximum absolute atomic E-state index is 12.6. The van der Waals surface area contributed by atoms with E-state index in [9.17, 15) is 4.79 Å². The molecule has 3 rings (SSSR count). The van der Waals surface area contributed by atoms with E-state index >= 15 is 0 Å². The average Bonchev–Trinajstić information content (AvgIpc) is 2.99. The van der Waals surface area contributed by atoms with Gasteiger partial charge < -0.3 is 14.2 Å². The smallest absolute Gasteiger partial charge is 0.223 e. The number of amides is 1. The highest BCUT2D eigenvalue weighted by atomic mass is 16.5. The van der Waals surface area contributed by atoms with Gasteiger partial charge in [0.2, 0.25) is 5.91 Å². The number of carbonyl (C=O) groups excluding carboxylic acids is 1. The minimum Gasteiger partial charge on any atom is -0.377 e. The van der Waals surface area contributed by atoms with Crippen molar-refractivity contribution in [1.82, 2.24) is 9.47 Å². The SMILES string of the molecule is Cn1cccc1C1COCCN1C(=O)CCc1ccccc1. The quantitative estimate of drug-likeness (QED) is 0.869. The number of aromatic nitrogens is 1. The summed E-state index contributed by atoms with van der Waals surface area (Å²) in [6.45, 7) is 1.87. The highest BCUT2D eigenvalue weighted by molar-refractivity contribution is 5.77. The minimum atomic E-state index is 0.0250. The maximum atomic E-state index is 12.6. The van der Waals surface area contributed by atoms with Gasteiger partial charge in [0, 0.05) is 31.9 Å². The van der Waals surface area contributed by atoms with Crippen LogP contribution in [0.1, 0.15) is 23.7 Å². The summed E-state index contributed by atoms with van der Waals surface area (Å²) in [6.07, 6.45) is 3.35. The first-order valence-electron chi connectivity index (χ1n) is 7.78. The van der Waals surface area contributed by atoms with E-state index in [1.54, 1.807) is 0 Å². The third kappa shape index (κ3) is 3.22. The average molecular weight is 298 g/mol. The van der Waals surface area contributed by atoms with Crippen LogP contribution in [0.3, 0.4) is 0 Å². The van der Waals surface area contributed by atoms with E-state index in [1.807, 2.05) is 42.4 Å². The lowest BCUT2D eigenvalue weighted by Crippen LogP contribution is -2.44. The van der Waals surface area contributed by atoms with E-state index in [0.29, 0.717) is 26.2 Å². The van der Waals surface area contributed by atoms with Crippen molar-refractivity contribution in [2.75, 3.05) is 19.8 Å². The largest absolute Gasteiger partial charge is 0.377 e. The van der Waals surface area contributed by atoms with Gasteiger partial charge in [-0.1, -0.05) is 30.3 Å². The fourth-order valence-electron chi connectivity index (χ4n) is 3.01. The molecular weight excluding hydrogens is 276 g/mol. The molecule has 1 aliphatic heterocycles. The summed E-state index contributed by atoms with van der Waals surface area (Å²) in [5, 5.41) is 0. The first kappa shape index (κ1) is 14.9. The van der Waals surface area contributed by atoms with E-state index in [0.717, 1.165) is 12.1 Å². The van der Waals surface area contributed by atoms with Gasteiger partial charge in [-0.15, -0.1) is 0 Å². The first-order valence-corrected chi connectivity index (χ1v) is 7.78. The molecule has 2 aromatic rings. The number of morpholine rings is 1. The predicted octanol–water partition coefficient (Wildman–Crippen LogP) is 2.56. The van der Waals surface area contributed by atoms with Crippen molar-refractivity contribution in [3.8, 4) is 0 Å². The molecule has 1 fully saturated rings. The zero-order chi connectivity index (χ0) is 15.4. The Morgan fingerprint density at radius 3 is 2.77 bits per heavy atom. The molecule has 0 saturated carbocycles. The lowest BCUT2D eigenvalue weighted by Gasteiger charge is -2.36. The van der Waals surface area contributed by atoms with E-state index < -0.39 is 0 Å². The molecule has 116 valence electrons. The normalized spacial score (nSPS) is 18.4. The van der Waals surface area contributed by atoms with Gasteiger partial charge in [0.25, 0.3) is 0 Å². The van der Waals surface area contributed by atoms with Crippen molar-refractivity contribution in [2.45, 2.75) is 18.9 Å². The summed E-state index contributed by atoms with van der Waals surface area (Å²) in [5.74, 6) is 0.207. The second-order valence-corrected chi connectivity index (χ2v) is 5.71. The number of aryl methyl sites for hydroxylation is 2. The monoisotopic (exact) mass is 298 g/mol. The Bertz CT molecular complexity index is 621. The van der Waals surface area contributed by atoms with Crippen LogP contribution >= 0.6 is 0 Å². The number of benzene rings is 1. The molecule has 0 radical (unpaired) electrons. The van der Waals surface area contributed by atoms with Crippen LogP contribution in [0.4, 0.5) is 0 Å². The van der Waals surface area contributed by atoms with Gasteiger partial charge >= 0.3 is 0 Å². The molecule has 0 bridgehead atoms. The van der Waals surface area contributed by atoms with Crippen LogP contribution in [-0.2, 0) is 23.0 Å². The second kappa shape index (κ2) is 6.79. The molecule has 1 saturated heterocycles. The summed E-state index contributed by atoms with van der Waals surface area (Å²) >= 11 is 0. The van der Waals surface area contributed by atoms with E-state index in [2.05, 4.69) is 22.8 Å². The topological polar surface area (TPSA) is 34.5 Å². The van der Waals surface area contributed by atoms with E-state index in [4.69, 9.17) is 4.74 Å². The third-order valence-corrected chi connectivity index (χ3v) is 4.24. The van der Waals surface area contributed by atoms with Gasteiger partial charge in [0.1, 0.15) is 0 Å². The number of nitrogens with zero attached hydrogens (tertiary/aromatic N) is 2. The standard InChI is InChI=1S/C18H22N2O2/c1-19-11-5-8-16(19)17-14-22-13-12-20(17)18(21)10-9-15-6-3-2-4-7-15/h2-8,11,17H,9-10,12-14H2,1H3. The molecule has 22 heavy (non-hydrogen) atoms. The zero-order valence-electron chi connectivity index (χ0n) is 12.9. The Labute approximate surface area is 131 Å². The fourth-order valence-corrected chi connectivity index (χ4v) is 3.01. The highest BCUT2D eigenvalue weighted by Crippen LogP contribution is 2.25. The molecule has 1 amide bonds. The molecule has 1 aromatic heterocycles. The lowest BCUT2D eigenvalue weighted by atomic mass is 10.1. The second-order valence-electron chi connectivity index (χ2n) is 5.71. The zero-order valence-corrected chi connectivity index (χ0v) is 12.9. The number of carbonyl (C=O) groups is 1. The molecule has 0 spiro atoms. The molecule has 4 nitrogen and oxygen atoms in total. The van der Waals surface area contributed by atoms with Gasteiger partial charge in [-0.05, 0) is 24.1 Å². The van der Waals surface area contributed by atoms with Gasteiger partial charge in [0.15, 0.2) is 0 Å². The number of hydrogen-bond acceptors (Lipinski definition) is 2. The van der Waals surface area contributed by atoms with Crippen LogP contribution in [-0.4, -0.2) is 35.1 Å². The third-order valence-electron chi connectivity index (χ3n) is 4.24. The lowest BCUT2D eigenvalue weighted by molar-refractivity contribution is -0.140. The number of ether oxygens (including phenoxy) is 1.